The van der Waals surface area contributed by atoms with Crippen LogP contribution in [0.4, 0.5) is 0 Å². The van der Waals surface area contributed by atoms with Crippen LogP contribution >= 0.6 is 15.9 Å². The Balaban J connectivity index is 2.76. The lowest BCUT2D eigenvalue weighted by Crippen LogP contribution is -2.28. The Labute approximate surface area is 105 Å². The molecule has 0 saturated heterocycles. The molecule has 0 fully saturated rings. The van der Waals surface area contributed by atoms with E-state index >= 15 is 0 Å². The highest BCUT2D eigenvalue weighted by atomic mass is 79.9. The standard InChI is InChI=1S/C12H17BrN2O/c1-9-4-5-10(8-11(9)13)12(16)15(2)7-3-6-14/h4-5,8H,3,6-7,14H2,1-2H3. The lowest BCUT2D eigenvalue weighted by Gasteiger charge is -2.17. The van der Waals surface area contributed by atoms with Gasteiger partial charge in [-0.05, 0) is 37.6 Å². The van der Waals surface area contributed by atoms with Gasteiger partial charge in [0, 0.05) is 23.6 Å². The molecule has 2 N–H and O–H groups in total. The topological polar surface area (TPSA) is 46.3 Å². The number of hydrogen-bond donors (Lipinski definition) is 1. The zero-order chi connectivity index (χ0) is 12.1. The highest BCUT2D eigenvalue weighted by Gasteiger charge is 2.11. The van der Waals surface area contributed by atoms with Crippen molar-refractivity contribution in [1.29, 1.82) is 0 Å². The van der Waals surface area contributed by atoms with E-state index < -0.39 is 0 Å². The van der Waals surface area contributed by atoms with E-state index in [-0.39, 0.29) is 5.91 Å². The molecule has 0 radical (unpaired) electrons. The monoisotopic (exact) mass is 284 g/mol. The minimum atomic E-state index is 0.0363. The van der Waals surface area contributed by atoms with Gasteiger partial charge in [0.1, 0.15) is 0 Å². The van der Waals surface area contributed by atoms with E-state index in [4.69, 9.17) is 5.73 Å². The molecule has 16 heavy (non-hydrogen) atoms. The second-order valence-corrected chi connectivity index (χ2v) is 4.69. The summed E-state index contributed by atoms with van der Waals surface area (Å²) >= 11 is 3.43. The van der Waals surface area contributed by atoms with E-state index in [0.717, 1.165) is 16.5 Å². The molecule has 0 aliphatic carbocycles. The van der Waals surface area contributed by atoms with E-state index in [1.165, 1.54) is 0 Å². The van der Waals surface area contributed by atoms with Crippen LogP contribution in [0, 0.1) is 6.92 Å². The van der Waals surface area contributed by atoms with Gasteiger partial charge in [-0.15, -0.1) is 0 Å². The molecule has 1 aromatic rings. The van der Waals surface area contributed by atoms with Gasteiger partial charge in [-0.2, -0.15) is 0 Å². The molecule has 0 aliphatic rings. The zero-order valence-corrected chi connectivity index (χ0v) is 11.3. The van der Waals surface area contributed by atoms with Gasteiger partial charge < -0.3 is 10.6 Å². The molecule has 0 aliphatic heterocycles. The number of carbonyl (C=O) groups excluding carboxylic acids is 1. The van der Waals surface area contributed by atoms with Crippen LogP contribution in [-0.4, -0.2) is 30.9 Å². The normalized spacial score (nSPS) is 10.2. The van der Waals surface area contributed by atoms with Crippen molar-refractivity contribution in [1.82, 2.24) is 4.90 Å². The summed E-state index contributed by atoms with van der Waals surface area (Å²) in [4.78, 5) is 13.7. The van der Waals surface area contributed by atoms with Crippen molar-refractivity contribution in [3.05, 3.63) is 33.8 Å². The van der Waals surface area contributed by atoms with E-state index in [1.807, 2.05) is 25.1 Å². The zero-order valence-electron chi connectivity index (χ0n) is 9.66. The van der Waals surface area contributed by atoms with E-state index in [1.54, 1.807) is 11.9 Å². The second-order valence-electron chi connectivity index (χ2n) is 3.83. The Bertz CT molecular complexity index is 379. The van der Waals surface area contributed by atoms with Gasteiger partial charge in [0.2, 0.25) is 0 Å². The molecule has 0 heterocycles. The third-order valence-electron chi connectivity index (χ3n) is 2.46. The first kappa shape index (κ1) is 13.2. The molecule has 0 aromatic heterocycles. The number of benzene rings is 1. The van der Waals surface area contributed by atoms with Gasteiger partial charge in [0.05, 0.1) is 0 Å². The predicted octanol–water partition coefficient (Wildman–Crippen LogP) is 2.18. The largest absolute Gasteiger partial charge is 0.342 e. The minimum absolute atomic E-state index is 0.0363. The van der Waals surface area contributed by atoms with E-state index in [9.17, 15) is 4.79 Å². The Morgan fingerprint density at radius 1 is 1.50 bits per heavy atom. The van der Waals surface area contributed by atoms with Crippen LogP contribution in [0.15, 0.2) is 22.7 Å². The van der Waals surface area contributed by atoms with Gasteiger partial charge >= 0.3 is 0 Å². The predicted molar refractivity (Wildman–Crippen MR) is 69.5 cm³/mol. The number of aryl methyl sites for hydroxylation is 1. The summed E-state index contributed by atoms with van der Waals surface area (Å²) in [6, 6.07) is 5.64. The maximum Gasteiger partial charge on any atom is 0.253 e. The summed E-state index contributed by atoms with van der Waals surface area (Å²) in [6.45, 7) is 3.30. The first-order chi connectivity index (χ1) is 7.56. The van der Waals surface area contributed by atoms with Crippen LogP contribution in [0.2, 0.25) is 0 Å². The second kappa shape index (κ2) is 6.01. The molecule has 88 valence electrons. The number of hydrogen-bond acceptors (Lipinski definition) is 2. The molecule has 3 nitrogen and oxygen atoms in total. The SMILES string of the molecule is Cc1ccc(C(=O)N(C)CCCN)cc1Br. The van der Waals surface area contributed by atoms with Crippen molar-refractivity contribution in [2.24, 2.45) is 5.73 Å². The molecule has 0 spiro atoms. The maximum absolute atomic E-state index is 12.0. The minimum Gasteiger partial charge on any atom is -0.342 e. The van der Waals surface area contributed by atoms with Crippen LogP contribution in [-0.2, 0) is 0 Å². The summed E-state index contributed by atoms with van der Waals surface area (Å²) in [5.74, 6) is 0.0363. The number of carbonyl (C=O) groups is 1. The Morgan fingerprint density at radius 3 is 2.75 bits per heavy atom. The number of amides is 1. The average Bonchev–Trinajstić information content (AvgIpc) is 2.28. The van der Waals surface area contributed by atoms with Crippen LogP contribution in [0.5, 0.6) is 0 Å². The third kappa shape index (κ3) is 3.32. The molecule has 1 rings (SSSR count). The Kier molecular flexibility index (Phi) is 4.96. The van der Waals surface area contributed by atoms with Crippen molar-refractivity contribution in [2.45, 2.75) is 13.3 Å². The summed E-state index contributed by atoms with van der Waals surface area (Å²) in [5, 5.41) is 0. The average molecular weight is 285 g/mol. The summed E-state index contributed by atoms with van der Waals surface area (Å²) in [5.41, 5.74) is 7.25. The highest BCUT2D eigenvalue weighted by Crippen LogP contribution is 2.18. The number of halogens is 1. The number of nitrogens with two attached hydrogens (primary N) is 1. The number of nitrogens with zero attached hydrogens (tertiary/aromatic N) is 1. The summed E-state index contributed by atoms with van der Waals surface area (Å²) in [7, 11) is 1.80. The number of rotatable bonds is 4. The smallest absolute Gasteiger partial charge is 0.253 e. The lowest BCUT2D eigenvalue weighted by molar-refractivity contribution is 0.0794. The highest BCUT2D eigenvalue weighted by molar-refractivity contribution is 9.10. The molecule has 4 heteroatoms. The van der Waals surface area contributed by atoms with Crippen LogP contribution in [0.3, 0.4) is 0 Å². The first-order valence-electron chi connectivity index (χ1n) is 5.28. The summed E-state index contributed by atoms with van der Waals surface area (Å²) in [6.07, 6.45) is 0.829. The molecule has 0 unspecified atom stereocenters. The maximum atomic E-state index is 12.0. The van der Waals surface area contributed by atoms with Crippen molar-refractivity contribution in [2.75, 3.05) is 20.1 Å². The van der Waals surface area contributed by atoms with E-state index in [0.29, 0.717) is 18.7 Å². The first-order valence-corrected chi connectivity index (χ1v) is 6.07. The van der Waals surface area contributed by atoms with E-state index in [2.05, 4.69) is 15.9 Å². The molecule has 1 amide bonds. The van der Waals surface area contributed by atoms with Gasteiger partial charge in [0.25, 0.3) is 5.91 Å². The molecule has 0 bridgehead atoms. The van der Waals surface area contributed by atoms with Gasteiger partial charge in [-0.25, -0.2) is 0 Å². The van der Waals surface area contributed by atoms with Gasteiger partial charge in [-0.1, -0.05) is 22.0 Å². The molecular formula is C12H17BrN2O. The molecular weight excluding hydrogens is 268 g/mol. The van der Waals surface area contributed by atoms with Crippen LogP contribution in [0.1, 0.15) is 22.3 Å². The fourth-order valence-corrected chi connectivity index (χ4v) is 1.76. The van der Waals surface area contributed by atoms with Crippen molar-refractivity contribution < 1.29 is 4.79 Å². The van der Waals surface area contributed by atoms with Crippen molar-refractivity contribution in [3.63, 3.8) is 0 Å². The van der Waals surface area contributed by atoms with Gasteiger partial charge in [0.15, 0.2) is 0 Å². The molecule has 0 saturated carbocycles. The van der Waals surface area contributed by atoms with Crippen molar-refractivity contribution >= 4 is 21.8 Å². The quantitative estimate of drug-likeness (QED) is 0.921. The fraction of sp³-hybridized carbons (Fsp3) is 0.417. The van der Waals surface area contributed by atoms with Crippen molar-refractivity contribution in [3.8, 4) is 0 Å². The van der Waals surface area contributed by atoms with Crippen LogP contribution in [0.25, 0.3) is 0 Å². The molecule has 0 atom stereocenters. The molecule has 1 aromatic carbocycles. The van der Waals surface area contributed by atoms with Gasteiger partial charge in [-0.3, -0.25) is 4.79 Å². The Morgan fingerprint density at radius 2 is 2.19 bits per heavy atom. The summed E-state index contributed by atoms with van der Waals surface area (Å²) < 4.78 is 0.963. The fourth-order valence-electron chi connectivity index (χ4n) is 1.38. The van der Waals surface area contributed by atoms with Crippen LogP contribution < -0.4 is 5.73 Å². The lowest BCUT2D eigenvalue weighted by atomic mass is 10.1. The Hall–Kier alpha value is -0.870. The third-order valence-corrected chi connectivity index (χ3v) is 3.32.